The van der Waals surface area contributed by atoms with Gasteiger partial charge in [0, 0.05) is 24.8 Å². The summed E-state index contributed by atoms with van der Waals surface area (Å²) in [6.45, 7) is 3.78. The summed E-state index contributed by atoms with van der Waals surface area (Å²) in [5, 5.41) is 9.96. The van der Waals surface area contributed by atoms with Gasteiger partial charge >= 0.3 is 0 Å². The molecule has 0 radical (unpaired) electrons. The Morgan fingerprint density at radius 2 is 1.89 bits per heavy atom. The molecule has 0 aliphatic rings. The largest absolute Gasteiger partial charge is 0.496 e. The maximum atomic E-state index is 9.96. The first-order valence-electron chi connectivity index (χ1n) is 6.68. The van der Waals surface area contributed by atoms with Crippen LogP contribution >= 0.6 is 0 Å². The molecule has 0 saturated heterocycles. The van der Waals surface area contributed by atoms with E-state index in [1.165, 1.54) is 0 Å². The molecule has 1 aromatic carbocycles. The van der Waals surface area contributed by atoms with E-state index in [9.17, 15) is 5.11 Å². The lowest BCUT2D eigenvalue weighted by molar-refractivity contribution is 0.194. The Balaban J connectivity index is 2.86. The summed E-state index contributed by atoms with van der Waals surface area (Å²) in [5.41, 5.74) is 1.89. The summed E-state index contributed by atoms with van der Waals surface area (Å²) >= 11 is 0. The van der Waals surface area contributed by atoms with Crippen molar-refractivity contribution in [1.82, 2.24) is 4.90 Å². The normalized spacial score (nSPS) is 12.6. The van der Waals surface area contributed by atoms with Crippen molar-refractivity contribution in [2.24, 2.45) is 0 Å². The zero-order valence-corrected chi connectivity index (χ0v) is 12.7. The highest BCUT2D eigenvalue weighted by atomic mass is 16.5. The summed E-state index contributed by atoms with van der Waals surface area (Å²) in [6.07, 6.45) is 0.544. The Kier molecular flexibility index (Phi) is 6.12. The predicted molar refractivity (Wildman–Crippen MR) is 80.1 cm³/mol. The standard InChI is InChI=1S/C15H26N2O2/c1-12(18)15-13(8-6-9-14(15)19-5)17(4)11-7-10-16(2)3/h6,8-9,12,18H,7,10-11H2,1-5H3. The van der Waals surface area contributed by atoms with E-state index in [4.69, 9.17) is 4.74 Å². The number of methoxy groups -OCH3 is 1. The number of nitrogens with zero attached hydrogens (tertiary/aromatic N) is 2. The first-order valence-corrected chi connectivity index (χ1v) is 6.68. The first kappa shape index (κ1) is 15.8. The lowest BCUT2D eigenvalue weighted by atomic mass is 10.1. The molecule has 0 aromatic heterocycles. The van der Waals surface area contributed by atoms with Gasteiger partial charge in [-0.2, -0.15) is 0 Å². The van der Waals surface area contributed by atoms with Crippen LogP contribution in [0.5, 0.6) is 5.75 Å². The number of hydrogen-bond donors (Lipinski definition) is 1. The van der Waals surface area contributed by atoms with E-state index in [2.05, 4.69) is 30.9 Å². The van der Waals surface area contributed by atoms with Crippen LogP contribution < -0.4 is 9.64 Å². The number of ether oxygens (including phenoxy) is 1. The fourth-order valence-electron chi connectivity index (χ4n) is 2.21. The summed E-state index contributed by atoms with van der Waals surface area (Å²) in [6, 6.07) is 5.88. The third-order valence-electron chi connectivity index (χ3n) is 3.19. The quantitative estimate of drug-likeness (QED) is 0.820. The second-order valence-electron chi connectivity index (χ2n) is 5.15. The lowest BCUT2D eigenvalue weighted by Crippen LogP contribution is -2.24. The Morgan fingerprint density at radius 3 is 2.42 bits per heavy atom. The number of aliphatic hydroxyl groups is 1. The molecule has 0 spiro atoms. The molecule has 1 unspecified atom stereocenters. The molecule has 4 nitrogen and oxygen atoms in total. The van der Waals surface area contributed by atoms with Crippen LogP contribution in [0.15, 0.2) is 18.2 Å². The van der Waals surface area contributed by atoms with E-state index in [1.807, 2.05) is 18.2 Å². The zero-order valence-electron chi connectivity index (χ0n) is 12.7. The van der Waals surface area contributed by atoms with Gasteiger partial charge in [0.15, 0.2) is 0 Å². The highest BCUT2D eigenvalue weighted by Crippen LogP contribution is 2.34. The van der Waals surface area contributed by atoms with Crippen LogP contribution in [0.4, 0.5) is 5.69 Å². The molecule has 0 aliphatic heterocycles. The highest BCUT2D eigenvalue weighted by Gasteiger charge is 2.16. The maximum Gasteiger partial charge on any atom is 0.126 e. The molecule has 4 heteroatoms. The molecule has 19 heavy (non-hydrogen) atoms. The molecule has 1 aromatic rings. The van der Waals surface area contributed by atoms with E-state index in [1.54, 1.807) is 14.0 Å². The molecule has 0 fully saturated rings. The minimum Gasteiger partial charge on any atom is -0.496 e. The van der Waals surface area contributed by atoms with E-state index in [0.717, 1.165) is 36.5 Å². The van der Waals surface area contributed by atoms with Crippen molar-refractivity contribution in [3.8, 4) is 5.75 Å². The van der Waals surface area contributed by atoms with Crippen molar-refractivity contribution in [2.45, 2.75) is 19.4 Å². The Bertz CT molecular complexity index is 392. The molecule has 1 rings (SSSR count). The Labute approximate surface area is 116 Å². The van der Waals surface area contributed by atoms with Gasteiger partial charge in [-0.15, -0.1) is 0 Å². The van der Waals surface area contributed by atoms with E-state index in [0.29, 0.717) is 0 Å². The summed E-state index contributed by atoms with van der Waals surface area (Å²) in [5.74, 6) is 0.743. The maximum absolute atomic E-state index is 9.96. The molecule has 108 valence electrons. The van der Waals surface area contributed by atoms with Crippen molar-refractivity contribution >= 4 is 5.69 Å². The van der Waals surface area contributed by atoms with Gasteiger partial charge in [0.1, 0.15) is 5.75 Å². The fraction of sp³-hybridized carbons (Fsp3) is 0.600. The van der Waals surface area contributed by atoms with Crippen LogP contribution in [-0.4, -0.2) is 51.3 Å². The number of aliphatic hydroxyl groups excluding tert-OH is 1. The molecule has 0 saturated carbocycles. The number of hydrogen-bond acceptors (Lipinski definition) is 4. The molecular formula is C15H26N2O2. The Morgan fingerprint density at radius 1 is 1.21 bits per heavy atom. The van der Waals surface area contributed by atoms with E-state index in [-0.39, 0.29) is 0 Å². The average Bonchev–Trinajstić information content (AvgIpc) is 2.36. The summed E-state index contributed by atoms with van der Waals surface area (Å²) in [4.78, 5) is 4.35. The SMILES string of the molecule is COc1cccc(N(C)CCCN(C)C)c1C(C)O. The van der Waals surface area contributed by atoms with Crippen molar-refractivity contribution in [1.29, 1.82) is 0 Å². The van der Waals surface area contributed by atoms with Gasteiger partial charge in [0.05, 0.1) is 13.2 Å². The van der Waals surface area contributed by atoms with Crippen LogP contribution in [0.1, 0.15) is 25.0 Å². The number of rotatable bonds is 7. The average molecular weight is 266 g/mol. The molecule has 1 atom stereocenters. The van der Waals surface area contributed by atoms with Gasteiger partial charge in [-0.1, -0.05) is 6.07 Å². The van der Waals surface area contributed by atoms with Gasteiger partial charge in [-0.3, -0.25) is 0 Å². The first-order chi connectivity index (χ1) is 8.97. The van der Waals surface area contributed by atoms with Crippen LogP contribution in [0.25, 0.3) is 0 Å². The molecular weight excluding hydrogens is 240 g/mol. The van der Waals surface area contributed by atoms with Gasteiger partial charge in [0.25, 0.3) is 0 Å². The van der Waals surface area contributed by atoms with Crippen LogP contribution in [0, 0.1) is 0 Å². The fourth-order valence-corrected chi connectivity index (χ4v) is 2.21. The second-order valence-corrected chi connectivity index (χ2v) is 5.15. The van der Waals surface area contributed by atoms with Gasteiger partial charge in [-0.25, -0.2) is 0 Å². The van der Waals surface area contributed by atoms with Crippen molar-refractivity contribution in [3.63, 3.8) is 0 Å². The Hall–Kier alpha value is -1.26. The van der Waals surface area contributed by atoms with Gasteiger partial charge in [-0.05, 0) is 46.1 Å². The van der Waals surface area contributed by atoms with Gasteiger partial charge in [0.2, 0.25) is 0 Å². The van der Waals surface area contributed by atoms with Crippen LogP contribution in [0.2, 0.25) is 0 Å². The topological polar surface area (TPSA) is 35.9 Å². The van der Waals surface area contributed by atoms with E-state index < -0.39 is 6.10 Å². The minimum atomic E-state index is -0.539. The predicted octanol–water partition coefficient (Wildman–Crippen LogP) is 2.14. The van der Waals surface area contributed by atoms with Crippen molar-refractivity contribution < 1.29 is 9.84 Å². The molecule has 0 amide bonds. The molecule has 0 heterocycles. The third-order valence-corrected chi connectivity index (χ3v) is 3.19. The van der Waals surface area contributed by atoms with Crippen LogP contribution in [0.3, 0.4) is 0 Å². The summed E-state index contributed by atoms with van der Waals surface area (Å²) < 4.78 is 5.35. The second kappa shape index (κ2) is 7.36. The smallest absolute Gasteiger partial charge is 0.126 e. The van der Waals surface area contributed by atoms with Crippen LogP contribution in [-0.2, 0) is 0 Å². The lowest BCUT2D eigenvalue weighted by Gasteiger charge is -2.25. The molecule has 1 N–H and O–H groups in total. The zero-order chi connectivity index (χ0) is 14.4. The number of benzene rings is 1. The molecule has 0 bridgehead atoms. The third kappa shape index (κ3) is 4.40. The number of anilines is 1. The highest BCUT2D eigenvalue weighted by molar-refractivity contribution is 5.60. The van der Waals surface area contributed by atoms with E-state index >= 15 is 0 Å². The minimum absolute atomic E-state index is 0.539. The van der Waals surface area contributed by atoms with Gasteiger partial charge < -0.3 is 19.6 Å². The molecule has 0 aliphatic carbocycles. The monoisotopic (exact) mass is 266 g/mol. The van der Waals surface area contributed by atoms with Crippen molar-refractivity contribution in [3.05, 3.63) is 23.8 Å². The summed E-state index contributed by atoms with van der Waals surface area (Å²) in [7, 11) is 7.84. The van der Waals surface area contributed by atoms with Crippen molar-refractivity contribution in [2.75, 3.05) is 46.2 Å².